The molecule has 0 saturated carbocycles. The highest BCUT2D eigenvalue weighted by atomic mass is 16.1. The van der Waals surface area contributed by atoms with Crippen LogP contribution in [-0.4, -0.2) is 22.2 Å². The molecule has 5 rings (SSSR count). The number of carbonyl (C=O) groups excluding carboxylic acids is 1. The summed E-state index contributed by atoms with van der Waals surface area (Å²) in [5.41, 5.74) is 9.66. The van der Waals surface area contributed by atoms with E-state index in [4.69, 9.17) is 10.8 Å². The Kier molecular flexibility index (Phi) is 5.69. The first-order chi connectivity index (χ1) is 16.2. The number of carbonyl (C=O) groups is 1. The van der Waals surface area contributed by atoms with Crippen molar-refractivity contribution in [3.05, 3.63) is 119 Å². The van der Waals surface area contributed by atoms with Crippen LogP contribution in [0.5, 0.6) is 0 Å². The van der Waals surface area contributed by atoms with Crippen LogP contribution in [0, 0.1) is 0 Å². The zero-order valence-corrected chi connectivity index (χ0v) is 18.6. The average molecular weight is 437 g/mol. The van der Waals surface area contributed by atoms with E-state index in [-0.39, 0.29) is 5.91 Å². The molecular weight excluding hydrogens is 408 g/mol. The molecule has 0 radical (unpaired) electrons. The van der Waals surface area contributed by atoms with E-state index in [1.807, 2.05) is 6.20 Å². The Hall–Kier alpha value is -3.86. The molecule has 1 aromatic heterocycles. The van der Waals surface area contributed by atoms with Crippen LogP contribution >= 0.6 is 0 Å². The molecule has 0 fully saturated rings. The molecule has 0 atom stereocenters. The van der Waals surface area contributed by atoms with Gasteiger partial charge in [0.15, 0.2) is 0 Å². The van der Waals surface area contributed by atoms with Gasteiger partial charge in [0.25, 0.3) is 0 Å². The lowest BCUT2D eigenvalue weighted by molar-refractivity contribution is -0.118. The highest BCUT2D eigenvalue weighted by Gasteiger charge is 2.46. The SMILES string of the molecule is NC(=O)CCCc1cnn2c1N(C(c1ccccc1)(c1ccccc1)c1ccccc1)CC2. The molecule has 4 aromatic rings. The van der Waals surface area contributed by atoms with Crippen LogP contribution in [0.15, 0.2) is 97.2 Å². The first-order valence-electron chi connectivity index (χ1n) is 11.5. The minimum Gasteiger partial charge on any atom is -0.370 e. The van der Waals surface area contributed by atoms with Crippen molar-refractivity contribution in [3.63, 3.8) is 0 Å². The Bertz CT molecular complexity index is 1120. The van der Waals surface area contributed by atoms with Gasteiger partial charge in [0.1, 0.15) is 11.4 Å². The van der Waals surface area contributed by atoms with Crippen molar-refractivity contribution in [2.24, 2.45) is 5.73 Å². The van der Waals surface area contributed by atoms with Gasteiger partial charge in [-0.15, -0.1) is 0 Å². The van der Waals surface area contributed by atoms with Gasteiger partial charge in [0.2, 0.25) is 5.91 Å². The van der Waals surface area contributed by atoms with Gasteiger partial charge in [0, 0.05) is 18.5 Å². The van der Waals surface area contributed by atoms with Crippen molar-refractivity contribution in [3.8, 4) is 0 Å². The van der Waals surface area contributed by atoms with E-state index < -0.39 is 5.54 Å². The monoisotopic (exact) mass is 436 g/mol. The third-order valence-electron chi connectivity index (χ3n) is 6.52. The summed E-state index contributed by atoms with van der Waals surface area (Å²) in [6.07, 6.45) is 3.82. The fourth-order valence-corrected chi connectivity index (χ4v) is 5.16. The molecule has 3 aromatic carbocycles. The van der Waals surface area contributed by atoms with Gasteiger partial charge < -0.3 is 10.6 Å². The molecule has 2 N–H and O–H groups in total. The number of nitrogens with two attached hydrogens (primary N) is 1. The lowest BCUT2D eigenvalue weighted by Gasteiger charge is -2.44. The first-order valence-corrected chi connectivity index (χ1v) is 11.5. The number of nitrogens with zero attached hydrogens (tertiary/aromatic N) is 3. The normalized spacial score (nSPS) is 13.2. The largest absolute Gasteiger partial charge is 0.370 e. The highest BCUT2D eigenvalue weighted by molar-refractivity contribution is 5.73. The summed E-state index contributed by atoms with van der Waals surface area (Å²) in [7, 11) is 0. The molecule has 166 valence electrons. The number of fused-ring (bicyclic) bond motifs is 1. The molecule has 5 heteroatoms. The molecule has 1 amide bonds. The summed E-state index contributed by atoms with van der Waals surface area (Å²) < 4.78 is 2.10. The molecule has 1 aliphatic rings. The first kappa shape index (κ1) is 21.0. The number of rotatable bonds is 8. The van der Waals surface area contributed by atoms with Crippen molar-refractivity contribution in [2.45, 2.75) is 31.3 Å². The standard InChI is InChI=1S/C28H28N4O/c29-26(33)18-10-11-22-21-30-32-20-19-31(27(22)32)28(23-12-4-1-5-13-23,24-14-6-2-7-15-24)25-16-8-3-9-17-25/h1-9,12-17,21H,10-11,18-20H2,(H2,29,33). The van der Waals surface area contributed by atoms with Crippen molar-refractivity contribution >= 4 is 11.7 Å². The summed E-state index contributed by atoms with van der Waals surface area (Å²) in [5, 5.41) is 4.70. The Labute approximate surface area is 194 Å². The van der Waals surface area contributed by atoms with Crippen molar-refractivity contribution in [1.29, 1.82) is 0 Å². The molecule has 33 heavy (non-hydrogen) atoms. The van der Waals surface area contributed by atoms with E-state index in [1.165, 1.54) is 16.7 Å². The van der Waals surface area contributed by atoms with Crippen LogP contribution in [0.1, 0.15) is 35.1 Å². The predicted molar refractivity (Wildman–Crippen MR) is 131 cm³/mol. The number of primary amides is 1. The quantitative estimate of drug-likeness (QED) is 0.414. The summed E-state index contributed by atoms with van der Waals surface area (Å²) in [4.78, 5) is 13.8. The summed E-state index contributed by atoms with van der Waals surface area (Å²) in [6.45, 7) is 1.66. The molecule has 1 aliphatic heterocycles. The third kappa shape index (κ3) is 3.69. The minimum atomic E-state index is -0.517. The minimum absolute atomic E-state index is 0.261. The van der Waals surface area contributed by atoms with Crippen LogP contribution in [0.3, 0.4) is 0 Å². The van der Waals surface area contributed by atoms with Gasteiger partial charge in [-0.1, -0.05) is 91.0 Å². The third-order valence-corrected chi connectivity index (χ3v) is 6.52. The van der Waals surface area contributed by atoms with Crippen molar-refractivity contribution in [1.82, 2.24) is 9.78 Å². The molecule has 0 saturated heterocycles. The molecule has 0 unspecified atom stereocenters. The second-order valence-corrected chi connectivity index (χ2v) is 8.50. The van der Waals surface area contributed by atoms with Gasteiger partial charge in [-0.3, -0.25) is 4.79 Å². The molecular formula is C28H28N4O. The fourth-order valence-electron chi connectivity index (χ4n) is 5.16. The van der Waals surface area contributed by atoms with E-state index in [2.05, 4.69) is 101 Å². The van der Waals surface area contributed by atoms with Crippen LogP contribution in [0.25, 0.3) is 0 Å². The van der Waals surface area contributed by atoms with Crippen LogP contribution < -0.4 is 10.6 Å². The maximum atomic E-state index is 11.3. The van der Waals surface area contributed by atoms with Crippen LogP contribution in [0.2, 0.25) is 0 Å². The predicted octanol–water partition coefficient (Wildman–Crippen LogP) is 4.50. The number of benzene rings is 3. The Balaban J connectivity index is 1.73. The van der Waals surface area contributed by atoms with E-state index in [9.17, 15) is 4.79 Å². The van der Waals surface area contributed by atoms with Crippen molar-refractivity contribution in [2.75, 3.05) is 11.4 Å². The van der Waals surface area contributed by atoms with Crippen LogP contribution in [0.4, 0.5) is 5.82 Å². The Morgan fingerprint density at radius 2 is 1.33 bits per heavy atom. The second-order valence-electron chi connectivity index (χ2n) is 8.50. The lowest BCUT2D eigenvalue weighted by atomic mass is 9.75. The Morgan fingerprint density at radius 3 is 1.82 bits per heavy atom. The zero-order chi connectivity index (χ0) is 22.7. The fraction of sp³-hybridized carbons (Fsp3) is 0.214. The van der Waals surface area contributed by atoms with Crippen LogP contribution in [-0.2, 0) is 23.3 Å². The molecule has 5 nitrogen and oxygen atoms in total. The number of anilines is 1. The van der Waals surface area contributed by atoms with E-state index in [0.717, 1.165) is 37.3 Å². The smallest absolute Gasteiger partial charge is 0.217 e. The van der Waals surface area contributed by atoms with Crippen molar-refractivity contribution < 1.29 is 4.79 Å². The number of aryl methyl sites for hydroxylation is 1. The summed E-state index contributed by atoms with van der Waals surface area (Å²) in [6, 6.07) is 32.1. The maximum absolute atomic E-state index is 11.3. The average Bonchev–Trinajstić information content (AvgIpc) is 3.45. The second kappa shape index (κ2) is 8.94. The van der Waals surface area contributed by atoms with Gasteiger partial charge >= 0.3 is 0 Å². The summed E-state index contributed by atoms with van der Waals surface area (Å²) >= 11 is 0. The van der Waals surface area contributed by atoms with Gasteiger partial charge in [0.05, 0.1) is 12.7 Å². The van der Waals surface area contributed by atoms with E-state index in [0.29, 0.717) is 6.42 Å². The number of hydrogen-bond acceptors (Lipinski definition) is 3. The van der Waals surface area contributed by atoms with E-state index in [1.54, 1.807) is 0 Å². The molecule has 0 aliphatic carbocycles. The lowest BCUT2D eigenvalue weighted by Crippen LogP contribution is -2.48. The zero-order valence-electron chi connectivity index (χ0n) is 18.6. The molecule has 0 bridgehead atoms. The number of aromatic nitrogens is 2. The number of amides is 1. The van der Waals surface area contributed by atoms with Gasteiger partial charge in [-0.05, 0) is 29.5 Å². The molecule has 0 spiro atoms. The maximum Gasteiger partial charge on any atom is 0.217 e. The van der Waals surface area contributed by atoms with Gasteiger partial charge in [-0.25, -0.2) is 4.68 Å². The van der Waals surface area contributed by atoms with Gasteiger partial charge in [-0.2, -0.15) is 5.10 Å². The highest BCUT2D eigenvalue weighted by Crippen LogP contribution is 2.47. The molecule has 2 heterocycles. The Morgan fingerprint density at radius 1 is 0.818 bits per heavy atom. The number of hydrogen-bond donors (Lipinski definition) is 1. The topological polar surface area (TPSA) is 64.2 Å². The van der Waals surface area contributed by atoms with E-state index >= 15 is 0 Å². The summed E-state index contributed by atoms with van der Waals surface area (Å²) in [5.74, 6) is 0.860.